The Morgan fingerprint density at radius 3 is 2.49 bits per heavy atom. The lowest BCUT2D eigenvalue weighted by Crippen LogP contribution is -3.00. The van der Waals surface area contributed by atoms with Gasteiger partial charge in [0.1, 0.15) is 12.3 Å². The smallest absolute Gasteiger partial charge is 0.231 e. The quantitative estimate of drug-likeness (QED) is 0.317. The fraction of sp³-hybridized carbons (Fsp3) is 0.444. The molecule has 1 heterocycles. The summed E-state index contributed by atoms with van der Waals surface area (Å²) < 4.78 is 12.8. The highest BCUT2D eigenvalue weighted by Gasteiger charge is 2.45. The van der Waals surface area contributed by atoms with E-state index in [9.17, 15) is 5.11 Å². The molecule has 0 saturated heterocycles. The third-order valence-electron chi connectivity index (χ3n) is 6.69. The molecule has 1 N–H and O–H groups in total. The van der Waals surface area contributed by atoms with Gasteiger partial charge in [-0.15, -0.1) is 0 Å². The maximum absolute atomic E-state index is 11.9. The number of ether oxygens (including phenoxy) is 1. The van der Waals surface area contributed by atoms with Crippen LogP contribution in [0.15, 0.2) is 59.1 Å². The third kappa shape index (κ3) is 6.72. The first kappa shape index (κ1) is 27.8. The van der Waals surface area contributed by atoms with E-state index in [-0.39, 0.29) is 18.3 Å². The SMILES string of the molecule is C[N+](C)(CCCOc1ccc(Cl)c(Cl)c1)Cc1cnc(C(O)(c2ccccc2)C2CCCC2)o1.[Cl-]. The second-order valence-corrected chi connectivity index (χ2v) is 10.7. The number of oxazole rings is 1. The molecule has 1 unspecified atom stereocenters. The molecule has 35 heavy (non-hydrogen) atoms. The highest BCUT2D eigenvalue weighted by Crippen LogP contribution is 2.44. The van der Waals surface area contributed by atoms with Crippen molar-refractivity contribution in [3.8, 4) is 5.75 Å². The van der Waals surface area contributed by atoms with Gasteiger partial charge in [-0.2, -0.15) is 0 Å². The van der Waals surface area contributed by atoms with Crippen molar-refractivity contribution in [2.24, 2.45) is 5.92 Å². The van der Waals surface area contributed by atoms with Crippen LogP contribution in [0.4, 0.5) is 0 Å². The molecule has 5 nitrogen and oxygen atoms in total. The molecule has 1 aromatic heterocycles. The maximum Gasteiger partial charge on any atom is 0.231 e. The van der Waals surface area contributed by atoms with Crippen molar-refractivity contribution < 1.29 is 31.2 Å². The van der Waals surface area contributed by atoms with Crippen molar-refractivity contribution >= 4 is 23.2 Å². The molecule has 1 fully saturated rings. The van der Waals surface area contributed by atoms with E-state index in [1.54, 1.807) is 18.3 Å². The van der Waals surface area contributed by atoms with Crippen LogP contribution in [0.3, 0.4) is 0 Å². The van der Waals surface area contributed by atoms with Crippen LogP contribution < -0.4 is 17.1 Å². The number of nitrogens with zero attached hydrogens (tertiary/aromatic N) is 2. The Morgan fingerprint density at radius 1 is 1.09 bits per heavy atom. The third-order valence-corrected chi connectivity index (χ3v) is 7.43. The van der Waals surface area contributed by atoms with E-state index in [0.29, 0.717) is 39.3 Å². The Labute approximate surface area is 224 Å². The van der Waals surface area contributed by atoms with Crippen LogP contribution in [0.5, 0.6) is 5.75 Å². The zero-order valence-electron chi connectivity index (χ0n) is 20.2. The van der Waals surface area contributed by atoms with Gasteiger partial charge >= 0.3 is 0 Å². The maximum atomic E-state index is 11.9. The van der Waals surface area contributed by atoms with E-state index < -0.39 is 5.60 Å². The van der Waals surface area contributed by atoms with E-state index in [0.717, 1.165) is 50.0 Å². The van der Waals surface area contributed by atoms with E-state index in [4.69, 9.17) is 32.4 Å². The molecule has 0 amide bonds. The number of hydrogen-bond acceptors (Lipinski definition) is 4. The van der Waals surface area contributed by atoms with Crippen molar-refractivity contribution in [1.29, 1.82) is 0 Å². The van der Waals surface area contributed by atoms with Gasteiger partial charge in [0.2, 0.25) is 5.89 Å². The molecular formula is C27H33Cl3N2O3. The zero-order valence-corrected chi connectivity index (χ0v) is 22.5. The van der Waals surface area contributed by atoms with Gasteiger partial charge in [-0.3, -0.25) is 0 Å². The summed E-state index contributed by atoms with van der Waals surface area (Å²) >= 11 is 12.0. The van der Waals surface area contributed by atoms with Gasteiger partial charge in [0.05, 0.1) is 43.5 Å². The predicted octanol–water partition coefficient (Wildman–Crippen LogP) is 3.46. The molecule has 0 radical (unpaired) electrons. The number of hydrogen-bond donors (Lipinski definition) is 1. The molecule has 0 spiro atoms. The molecule has 4 rings (SSSR count). The topological polar surface area (TPSA) is 55.5 Å². The van der Waals surface area contributed by atoms with Gasteiger partial charge < -0.3 is 31.2 Å². The van der Waals surface area contributed by atoms with Crippen molar-refractivity contribution in [1.82, 2.24) is 4.98 Å². The van der Waals surface area contributed by atoms with Gasteiger partial charge in [-0.1, -0.05) is 66.4 Å². The Morgan fingerprint density at radius 2 is 1.80 bits per heavy atom. The summed E-state index contributed by atoms with van der Waals surface area (Å²) in [5.74, 6) is 2.01. The van der Waals surface area contributed by atoms with Crippen LogP contribution in [0.1, 0.15) is 49.3 Å². The minimum absolute atomic E-state index is 0. The summed E-state index contributed by atoms with van der Waals surface area (Å²) in [4.78, 5) is 4.57. The second kappa shape index (κ2) is 12.0. The number of halogens is 3. The fourth-order valence-corrected chi connectivity index (χ4v) is 5.16. The molecule has 8 heteroatoms. The van der Waals surface area contributed by atoms with Crippen LogP contribution in [-0.4, -0.2) is 41.8 Å². The van der Waals surface area contributed by atoms with Crippen LogP contribution >= 0.6 is 23.2 Å². The van der Waals surface area contributed by atoms with E-state index >= 15 is 0 Å². The Balaban J connectivity index is 0.00000342. The molecule has 0 aliphatic heterocycles. The first-order chi connectivity index (χ1) is 16.3. The number of quaternary nitrogens is 1. The number of rotatable bonds is 10. The standard InChI is InChI=1S/C27H33Cl2N2O3.ClH/c1-31(2,15-8-16-33-22-13-14-24(28)25(29)17-22)19-23-18-30-26(34-23)27(32,21-11-6-7-12-21)20-9-4-3-5-10-20;/h3-5,9-10,13-14,17-18,21,32H,6-8,11-12,15-16,19H2,1-2H3;1H/q+1;/p-1. The van der Waals surface area contributed by atoms with Gasteiger partial charge in [0.25, 0.3) is 0 Å². The van der Waals surface area contributed by atoms with Crippen molar-refractivity contribution in [2.75, 3.05) is 27.2 Å². The summed E-state index contributed by atoms with van der Waals surface area (Å²) in [5, 5.41) is 12.9. The van der Waals surface area contributed by atoms with Gasteiger partial charge in [0.15, 0.2) is 11.4 Å². The highest BCUT2D eigenvalue weighted by atomic mass is 35.5. The molecule has 1 atom stereocenters. The average Bonchev–Trinajstić information content (AvgIpc) is 3.52. The minimum atomic E-state index is -1.19. The lowest BCUT2D eigenvalue weighted by molar-refractivity contribution is -0.904. The molecule has 1 aliphatic carbocycles. The lowest BCUT2D eigenvalue weighted by atomic mass is 9.80. The summed E-state index contributed by atoms with van der Waals surface area (Å²) in [5.41, 5.74) is -0.343. The average molecular weight is 540 g/mol. The summed E-state index contributed by atoms with van der Waals surface area (Å²) in [7, 11) is 4.31. The van der Waals surface area contributed by atoms with E-state index in [1.807, 2.05) is 36.4 Å². The number of aliphatic hydroxyl groups is 1. The summed E-state index contributed by atoms with van der Waals surface area (Å²) in [6.45, 7) is 2.15. The normalized spacial score (nSPS) is 16.0. The van der Waals surface area contributed by atoms with Crippen LogP contribution in [0.25, 0.3) is 0 Å². The molecule has 1 aliphatic rings. The predicted molar refractivity (Wildman–Crippen MR) is 135 cm³/mol. The molecule has 0 bridgehead atoms. The van der Waals surface area contributed by atoms with Gasteiger partial charge in [0, 0.05) is 18.4 Å². The number of aromatic nitrogens is 1. The summed E-state index contributed by atoms with van der Waals surface area (Å²) in [6.07, 6.45) is 6.84. The molecule has 3 aromatic rings. The Kier molecular flexibility index (Phi) is 9.53. The lowest BCUT2D eigenvalue weighted by Gasteiger charge is -2.32. The summed E-state index contributed by atoms with van der Waals surface area (Å²) in [6, 6.07) is 15.1. The van der Waals surface area contributed by atoms with Gasteiger partial charge in [-0.25, -0.2) is 4.98 Å². The van der Waals surface area contributed by atoms with Crippen molar-refractivity contribution in [3.05, 3.63) is 82.0 Å². The van der Waals surface area contributed by atoms with Crippen LogP contribution in [-0.2, 0) is 12.1 Å². The van der Waals surface area contributed by atoms with Crippen LogP contribution in [0, 0.1) is 5.92 Å². The Hall–Kier alpha value is -1.76. The fourth-order valence-electron chi connectivity index (χ4n) is 4.88. The molecule has 2 aromatic carbocycles. The monoisotopic (exact) mass is 538 g/mol. The highest BCUT2D eigenvalue weighted by molar-refractivity contribution is 6.42. The largest absolute Gasteiger partial charge is 1.00 e. The van der Waals surface area contributed by atoms with Crippen molar-refractivity contribution in [2.45, 2.75) is 44.2 Å². The Bertz CT molecular complexity index is 1080. The molecule has 190 valence electrons. The van der Waals surface area contributed by atoms with E-state index in [2.05, 4.69) is 19.1 Å². The first-order valence-electron chi connectivity index (χ1n) is 11.9. The second-order valence-electron chi connectivity index (χ2n) is 9.84. The van der Waals surface area contributed by atoms with E-state index in [1.165, 1.54) is 0 Å². The number of benzene rings is 2. The van der Waals surface area contributed by atoms with Crippen LogP contribution in [0.2, 0.25) is 10.0 Å². The zero-order chi connectivity index (χ0) is 24.2. The van der Waals surface area contributed by atoms with Gasteiger partial charge in [-0.05, 0) is 30.5 Å². The molecule has 1 saturated carbocycles. The molecular weight excluding hydrogens is 507 g/mol. The minimum Gasteiger partial charge on any atom is -1.00 e. The first-order valence-corrected chi connectivity index (χ1v) is 12.7. The van der Waals surface area contributed by atoms with Crippen molar-refractivity contribution in [3.63, 3.8) is 0 Å².